The van der Waals surface area contributed by atoms with Crippen molar-refractivity contribution >= 4 is 5.71 Å². The Morgan fingerprint density at radius 3 is 2.74 bits per heavy atom. The van der Waals surface area contributed by atoms with Crippen LogP contribution in [0.1, 0.15) is 32.6 Å². The van der Waals surface area contributed by atoms with Gasteiger partial charge in [-0.1, -0.05) is 44.4 Å². The first-order chi connectivity index (χ1) is 9.15. The predicted octanol–water partition coefficient (Wildman–Crippen LogP) is 4.29. The van der Waals surface area contributed by atoms with Crippen molar-refractivity contribution in [2.24, 2.45) is 16.1 Å². The molecule has 0 aromatic rings. The van der Waals surface area contributed by atoms with Gasteiger partial charge < -0.3 is 5.73 Å². The number of nitrogens with zero attached hydrogens (tertiary/aromatic N) is 1. The number of allylic oxidation sites excluding steroid dienone is 6. The Labute approximate surface area is 116 Å². The van der Waals surface area contributed by atoms with E-state index in [4.69, 9.17) is 5.73 Å². The van der Waals surface area contributed by atoms with E-state index in [1.165, 1.54) is 0 Å². The van der Waals surface area contributed by atoms with E-state index in [9.17, 15) is 0 Å². The first-order valence-corrected chi connectivity index (χ1v) is 6.77. The van der Waals surface area contributed by atoms with Crippen LogP contribution in [0.25, 0.3) is 0 Å². The maximum absolute atomic E-state index is 5.78. The molecule has 2 N–H and O–H groups in total. The van der Waals surface area contributed by atoms with Crippen molar-refractivity contribution in [3.05, 3.63) is 61.5 Å². The van der Waals surface area contributed by atoms with Gasteiger partial charge in [0.15, 0.2) is 0 Å². The zero-order valence-electron chi connectivity index (χ0n) is 11.8. The average Bonchev–Trinajstić information content (AvgIpc) is 2.46. The third kappa shape index (κ3) is 4.74. The summed E-state index contributed by atoms with van der Waals surface area (Å²) in [6.45, 7) is 9.55. The van der Waals surface area contributed by atoms with Crippen molar-refractivity contribution in [1.29, 1.82) is 0 Å². The van der Waals surface area contributed by atoms with Gasteiger partial charge in [0.1, 0.15) is 0 Å². The Hall–Kier alpha value is -1.83. The van der Waals surface area contributed by atoms with E-state index in [1.54, 1.807) is 12.3 Å². The molecular weight excluding hydrogens is 232 g/mol. The third-order valence-electron chi connectivity index (χ3n) is 3.63. The number of aliphatic imine (C=N–C) groups is 1. The van der Waals surface area contributed by atoms with Crippen LogP contribution in [0.2, 0.25) is 0 Å². The summed E-state index contributed by atoms with van der Waals surface area (Å²) in [7, 11) is 0. The molecule has 1 aliphatic rings. The maximum atomic E-state index is 5.78. The van der Waals surface area contributed by atoms with E-state index >= 15 is 0 Å². The van der Waals surface area contributed by atoms with Crippen LogP contribution in [0, 0.1) is 5.41 Å². The first-order valence-electron chi connectivity index (χ1n) is 6.77. The van der Waals surface area contributed by atoms with Gasteiger partial charge in [0.05, 0.1) is 0 Å². The molecule has 0 aromatic carbocycles. The normalized spacial score (nSPS) is 23.4. The monoisotopic (exact) mass is 256 g/mol. The van der Waals surface area contributed by atoms with Crippen molar-refractivity contribution in [3.63, 3.8) is 0 Å². The summed E-state index contributed by atoms with van der Waals surface area (Å²) in [5.41, 5.74) is 7.64. The molecule has 1 unspecified atom stereocenters. The predicted molar refractivity (Wildman–Crippen MR) is 85.0 cm³/mol. The highest BCUT2D eigenvalue weighted by Crippen LogP contribution is 2.36. The number of rotatable bonds is 7. The lowest BCUT2D eigenvalue weighted by atomic mass is 9.75. The topological polar surface area (TPSA) is 38.4 Å². The molecule has 0 amide bonds. The highest BCUT2D eigenvalue weighted by Gasteiger charge is 2.24. The van der Waals surface area contributed by atoms with E-state index in [0.29, 0.717) is 5.70 Å². The maximum Gasteiger partial charge on any atom is 0.0424 e. The van der Waals surface area contributed by atoms with E-state index in [2.05, 4.69) is 49.4 Å². The highest BCUT2D eigenvalue weighted by atomic mass is 14.7. The fraction of sp³-hybridized carbons (Fsp3) is 0.353. The Bertz CT molecular complexity index is 438. The van der Waals surface area contributed by atoms with Crippen molar-refractivity contribution in [3.8, 4) is 0 Å². The third-order valence-corrected chi connectivity index (χ3v) is 3.63. The van der Waals surface area contributed by atoms with Crippen LogP contribution in [0.5, 0.6) is 0 Å². The number of hydrogen-bond acceptors (Lipinski definition) is 2. The molecule has 0 saturated heterocycles. The zero-order valence-corrected chi connectivity index (χ0v) is 11.8. The van der Waals surface area contributed by atoms with Gasteiger partial charge in [-0.25, -0.2) is 0 Å². The van der Waals surface area contributed by atoms with Crippen molar-refractivity contribution in [2.75, 3.05) is 0 Å². The smallest absolute Gasteiger partial charge is 0.0424 e. The van der Waals surface area contributed by atoms with Crippen molar-refractivity contribution in [1.82, 2.24) is 0 Å². The van der Waals surface area contributed by atoms with Crippen LogP contribution < -0.4 is 5.73 Å². The largest absolute Gasteiger partial charge is 0.399 e. The summed E-state index contributed by atoms with van der Waals surface area (Å²) in [5.74, 6) is 0. The second kappa shape index (κ2) is 7.57. The van der Waals surface area contributed by atoms with Crippen molar-refractivity contribution in [2.45, 2.75) is 32.6 Å². The Morgan fingerprint density at radius 1 is 1.42 bits per heavy atom. The van der Waals surface area contributed by atoms with Crippen LogP contribution >= 0.6 is 0 Å². The summed E-state index contributed by atoms with van der Waals surface area (Å²) < 4.78 is 0. The molecule has 1 rings (SSSR count). The second-order valence-electron chi connectivity index (χ2n) is 4.86. The molecular formula is C17H24N2. The fourth-order valence-corrected chi connectivity index (χ4v) is 2.25. The Morgan fingerprint density at radius 2 is 2.21 bits per heavy atom. The molecule has 0 fully saturated rings. The fourth-order valence-electron chi connectivity index (χ4n) is 2.25. The Balaban J connectivity index is 2.73. The van der Waals surface area contributed by atoms with Gasteiger partial charge in [0.25, 0.3) is 0 Å². The quantitative estimate of drug-likeness (QED) is 0.535. The van der Waals surface area contributed by atoms with E-state index in [-0.39, 0.29) is 5.41 Å². The molecule has 0 heterocycles. The molecule has 1 aliphatic carbocycles. The Kier molecular flexibility index (Phi) is 6.07. The molecule has 0 saturated carbocycles. The van der Waals surface area contributed by atoms with Crippen LogP contribution in [0.15, 0.2) is 66.5 Å². The highest BCUT2D eigenvalue weighted by molar-refractivity contribution is 5.96. The average molecular weight is 256 g/mol. The number of nitrogens with two attached hydrogens (primary N) is 1. The van der Waals surface area contributed by atoms with E-state index in [1.807, 2.05) is 6.08 Å². The SMILES string of the molecule is C=C/N=C(\C=C(/N)C=C)CCC1(CC)C=CC=CC1. The van der Waals surface area contributed by atoms with Gasteiger partial charge in [-0.05, 0) is 43.3 Å². The van der Waals surface area contributed by atoms with E-state index < -0.39 is 0 Å². The number of hydrogen-bond donors (Lipinski definition) is 1. The zero-order chi connectivity index (χ0) is 14.1. The van der Waals surface area contributed by atoms with Gasteiger partial charge in [-0.3, -0.25) is 4.99 Å². The summed E-state index contributed by atoms with van der Waals surface area (Å²) >= 11 is 0. The van der Waals surface area contributed by atoms with Gasteiger partial charge in [0.2, 0.25) is 0 Å². The molecule has 102 valence electrons. The molecule has 1 atom stereocenters. The summed E-state index contributed by atoms with van der Waals surface area (Å²) in [4.78, 5) is 4.30. The molecule has 0 spiro atoms. The minimum absolute atomic E-state index is 0.257. The standard InChI is InChI=1S/C17H24N2/c1-4-15(18)14-16(19-6-3)10-13-17(5-2)11-8-7-9-12-17/h4,6-9,11,14H,1,3,5,10,12-13,18H2,2H3/b15-14-,19-16-. The molecule has 0 aliphatic heterocycles. The van der Waals surface area contributed by atoms with Crippen LogP contribution in [-0.2, 0) is 0 Å². The molecule has 0 aromatic heterocycles. The van der Waals surface area contributed by atoms with Crippen LogP contribution in [0.3, 0.4) is 0 Å². The lowest BCUT2D eigenvalue weighted by Gasteiger charge is -2.30. The van der Waals surface area contributed by atoms with Crippen LogP contribution in [0.4, 0.5) is 0 Å². The molecule has 2 heteroatoms. The van der Waals surface area contributed by atoms with Gasteiger partial charge in [-0.15, -0.1) is 0 Å². The van der Waals surface area contributed by atoms with Gasteiger partial charge in [-0.2, -0.15) is 0 Å². The van der Waals surface area contributed by atoms with Crippen molar-refractivity contribution < 1.29 is 0 Å². The molecule has 0 radical (unpaired) electrons. The lowest BCUT2D eigenvalue weighted by Crippen LogP contribution is -2.19. The molecule has 0 bridgehead atoms. The summed E-state index contributed by atoms with van der Waals surface area (Å²) in [6, 6.07) is 0. The lowest BCUT2D eigenvalue weighted by molar-refractivity contribution is 0.345. The van der Waals surface area contributed by atoms with Gasteiger partial charge >= 0.3 is 0 Å². The summed E-state index contributed by atoms with van der Waals surface area (Å²) in [5, 5.41) is 0. The minimum atomic E-state index is 0.257. The minimum Gasteiger partial charge on any atom is -0.399 e. The van der Waals surface area contributed by atoms with E-state index in [0.717, 1.165) is 31.4 Å². The second-order valence-corrected chi connectivity index (χ2v) is 4.86. The van der Waals surface area contributed by atoms with Gasteiger partial charge in [0, 0.05) is 17.6 Å². The molecule has 19 heavy (non-hydrogen) atoms. The summed E-state index contributed by atoms with van der Waals surface area (Å²) in [6.07, 6.45) is 18.1. The molecule has 2 nitrogen and oxygen atoms in total. The first kappa shape index (κ1) is 15.2. The van der Waals surface area contributed by atoms with Crippen LogP contribution in [-0.4, -0.2) is 5.71 Å².